The number of oxime groups is 1. The highest BCUT2D eigenvalue weighted by Gasteiger charge is 2.65. The molecule has 2 amide bonds. The highest BCUT2D eigenvalue weighted by Crippen LogP contribution is 2.62. The maximum Gasteiger partial charge on any atom is 0.412 e. The minimum absolute atomic E-state index is 0.00474. The van der Waals surface area contributed by atoms with Gasteiger partial charge in [0.2, 0.25) is 12.6 Å². The number of amides is 2. The Morgan fingerprint density at radius 1 is 0.878 bits per heavy atom. The fraction of sp³-hybridized carbons (Fsp3) is 0.567. The zero-order valence-corrected chi connectivity index (χ0v) is 44.3. The Hall–Kier alpha value is -5.88. The highest BCUT2D eigenvalue weighted by atomic mass is 16.7. The summed E-state index contributed by atoms with van der Waals surface area (Å²) in [5.74, 6) is -0.808. The van der Waals surface area contributed by atoms with Gasteiger partial charge in [0.25, 0.3) is 5.91 Å². The van der Waals surface area contributed by atoms with Crippen molar-refractivity contribution in [1.29, 1.82) is 5.26 Å². The molecule has 400 valence electrons. The quantitative estimate of drug-likeness (QED) is 0.0358. The summed E-state index contributed by atoms with van der Waals surface area (Å²) in [4.78, 5) is 37.2. The molecule has 14 nitrogen and oxygen atoms in total. The summed E-state index contributed by atoms with van der Waals surface area (Å²) in [6.45, 7) is 13.0. The molecule has 0 unspecified atom stereocenters. The molecule has 2 heterocycles. The van der Waals surface area contributed by atoms with E-state index in [9.17, 15) is 20.3 Å². The van der Waals surface area contributed by atoms with Crippen LogP contribution >= 0.6 is 0 Å². The number of hydrogen-bond acceptors (Lipinski definition) is 12. The first kappa shape index (κ1) is 55.9. The molecule has 4 aliphatic rings. The molecule has 2 aliphatic carbocycles. The maximum absolute atomic E-state index is 15.5. The van der Waals surface area contributed by atoms with E-state index < -0.39 is 29.4 Å². The van der Waals surface area contributed by atoms with E-state index in [1.54, 1.807) is 41.3 Å². The predicted molar refractivity (Wildman–Crippen MR) is 285 cm³/mol. The zero-order valence-electron chi connectivity index (χ0n) is 44.3. The number of aliphatic hydroxyl groups is 2. The molecule has 0 spiro atoms. The van der Waals surface area contributed by atoms with Gasteiger partial charge in [0, 0.05) is 49.8 Å². The second-order valence-electron chi connectivity index (χ2n) is 21.3. The van der Waals surface area contributed by atoms with Crippen molar-refractivity contribution in [3.05, 3.63) is 107 Å². The summed E-state index contributed by atoms with van der Waals surface area (Å²) in [6, 6.07) is 19.1. The van der Waals surface area contributed by atoms with Gasteiger partial charge in [-0.05, 0) is 130 Å². The van der Waals surface area contributed by atoms with E-state index in [0.717, 1.165) is 61.6 Å². The van der Waals surface area contributed by atoms with Gasteiger partial charge in [-0.15, -0.1) is 6.58 Å². The van der Waals surface area contributed by atoms with Gasteiger partial charge >= 0.3 is 6.09 Å². The molecule has 14 heteroatoms. The van der Waals surface area contributed by atoms with Gasteiger partial charge in [0.15, 0.2) is 11.5 Å². The average Bonchev–Trinajstić information content (AvgIpc) is 3.87. The second-order valence-corrected chi connectivity index (χ2v) is 21.3. The van der Waals surface area contributed by atoms with Gasteiger partial charge < -0.3 is 49.0 Å². The molecule has 3 aromatic rings. The van der Waals surface area contributed by atoms with E-state index >= 15 is 4.79 Å². The summed E-state index contributed by atoms with van der Waals surface area (Å²) in [5, 5.41) is 37.8. The molecule has 1 saturated carbocycles. The largest absolute Gasteiger partial charge is 0.459 e. The van der Waals surface area contributed by atoms with E-state index in [1.165, 1.54) is 44.9 Å². The normalized spacial score (nSPS) is 21.9. The van der Waals surface area contributed by atoms with Gasteiger partial charge in [-0.3, -0.25) is 4.79 Å². The third-order valence-electron chi connectivity index (χ3n) is 14.8. The zero-order chi connectivity index (χ0) is 52.5. The van der Waals surface area contributed by atoms with Gasteiger partial charge in [0.05, 0.1) is 29.9 Å². The van der Waals surface area contributed by atoms with Crippen molar-refractivity contribution in [2.75, 3.05) is 33.2 Å². The topological polar surface area (TPSA) is 181 Å². The number of carbonyl (C=O) groups is 2. The number of unbranched alkanes of at least 4 members (excludes halogenated alkanes) is 11. The second kappa shape index (κ2) is 27.1. The lowest BCUT2D eigenvalue weighted by Gasteiger charge is -2.60. The summed E-state index contributed by atoms with van der Waals surface area (Å²) >= 11 is 0. The van der Waals surface area contributed by atoms with Gasteiger partial charge in [-0.1, -0.05) is 101 Å². The van der Waals surface area contributed by atoms with Crippen molar-refractivity contribution in [2.45, 2.75) is 167 Å². The number of nitrogens with zero attached hydrogens (tertiary/aromatic N) is 3. The molecule has 2 aliphatic heterocycles. The van der Waals surface area contributed by atoms with Crippen molar-refractivity contribution in [1.82, 2.24) is 10.2 Å². The van der Waals surface area contributed by atoms with Crippen molar-refractivity contribution >= 4 is 17.7 Å². The van der Waals surface area contributed by atoms with Crippen LogP contribution in [0.5, 0.6) is 23.0 Å². The summed E-state index contributed by atoms with van der Waals surface area (Å²) in [7, 11) is 0. The molecule has 74 heavy (non-hydrogen) atoms. The van der Waals surface area contributed by atoms with Crippen LogP contribution in [0.25, 0.3) is 0 Å². The molecular weight excluding hydrogens is 937 g/mol. The number of fused-ring (bicyclic) bond motifs is 3. The first-order chi connectivity index (χ1) is 35.9. The van der Waals surface area contributed by atoms with E-state index in [2.05, 4.69) is 31.0 Å². The summed E-state index contributed by atoms with van der Waals surface area (Å²) in [5.41, 5.74) is 3.25. The van der Waals surface area contributed by atoms with E-state index in [-0.39, 0.29) is 63.2 Å². The van der Waals surface area contributed by atoms with Crippen LogP contribution < -0.4 is 24.3 Å². The van der Waals surface area contributed by atoms with Crippen LogP contribution in [0, 0.1) is 29.1 Å². The molecule has 0 radical (unpaired) electrons. The molecule has 3 aromatic carbocycles. The molecule has 0 aromatic heterocycles. The number of ether oxygens (including phenoxy) is 5. The fourth-order valence-corrected chi connectivity index (χ4v) is 11.3. The van der Waals surface area contributed by atoms with Crippen LogP contribution in [0.1, 0.15) is 170 Å². The van der Waals surface area contributed by atoms with E-state index in [4.69, 9.17) is 33.7 Å². The van der Waals surface area contributed by atoms with Gasteiger partial charge in [0.1, 0.15) is 23.1 Å². The maximum atomic E-state index is 15.5. The van der Waals surface area contributed by atoms with Crippen LogP contribution in [-0.4, -0.2) is 83.4 Å². The molecule has 0 bridgehead atoms. The lowest BCUT2D eigenvalue weighted by atomic mass is 9.55. The first-order valence-corrected chi connectivity index (χ1v) is 27.4. The highest BCUT2D eigenvalue weighted by molar-refractivity contribution is 6.03. The van der Waals surface area contributed by atoms with Gasteiger partial charge in [-0.2, -0.15) is 5.26 Å². The van der Waals surface area contributed by atoms with Crippen LogP contribution in [-0.2, 0) is 16.1 Å². The summed E-state index contributed by atoms with van der Waals surface area (Å²) in [6.07, 6.45) is 19.9. The minimum atomic E-state index is -1.56. The number of rotatable bonds is 28. The number of benzene rings is 3. The molecule has 0 saturated heterocycles. The Balaban J connectivity index is 1.32. The monoisotopic (exact) mass is 1020 g/mol. The van der Waals surface area contributed by atoms with Crippen LogP contribution in [0.2, 0.25) is 0 Å². The Morgan fingerprint density at radius 2 is 1.57 bits per heavy atom. The van der Waals surface area contributed by atoms with Crippen molar-refractivity contribution < 1.29 is 48.3 Å². The molecule has 3 N–H and O–H groups in total. The number of allylic oxidation sites excluding steroid dienone is 1. The number of carbonyl (C=O) groups excluding carboxylic acids is 2. The van der Waals surface area contributed by atoms with Crippen molar-refractivity contribution in [3.8, 4) is 29.1 Å². The Morgan fingerprint density at radius 3 is 2.26 bits per heavy atom. The van der Waals surface area contributed by atoms with Crippen LogP contribution in [0.3, 0.4) is 0 Å². The minimum Gasteiger partial charge on any atom is -0.459 e. The van der Waals surface area contributed by atoms with Crippen LogP contribution in [0.4, 0.5) is 4.79 Å². The summed E-state index contributed by atoms with van der Waals surface area (Å²) < 4.78 is 32.3. The van der Waals surface area contributed by atoms with E-state index in [0.29, 0.717) is 59.2 Å². The molecule has 7 rings (SSSR count). The van der Waals surface area contributed by atoms with Gasteiger partial charge in [-0.25, -0.2) is 4.79 Å². The molecular formula is C60H80N4O10. The predicted octanol–water partition coefficient (Wildman–Crippen LogP) is 12.1. The third-order valence-corrected chi connectivity index (χ3v) is 14.8. The SMILES string of the molecule is C=CCO[C@@]12Oc3ccc(OC(=O)NCCCCCCCCCCCC)cc3[C@H]3[C@H](CCCCO)[C@@H](CCCCO)C=C(C(=NOC(C)(C)C)C[C@@H]1N(Cc1ccc4c(c1)OCO4)C(=O)c1ccc(C#N)cc1)[C@H]32. The third kappa shape index (κ3) is 14.1. The Labute approximate surface area is 439 Å². The smallest absolute Gasteiger partial charge is 0.412 e. The molecule has 6 atom stereocenters. The Kier molecular flexibility index (Phi) is 20.4. The van der Waals surface area contributed by atoms with E-state index in [1.807, 2.05) is 51.1 Å². The molecule has 1 fully saturated rings. The van der Waals surface area contributed by atoms with Crippen molar-refractivity contribution in [2.24, 2.45) is 22.9 Å². The standard InChI is InChI=1S/C60H80N4O10/c1-6-8-9-10-11-12-13-14-15-18-31-62-58(68)72-46-28-30-51-49(37-46)55-47(22-17-20-33-66)45(21-16-19-32-65)36-48-50(63-74-59(3,4)5)38-54(60(73-51,56(48)55)71-34-7-2)64(57(67)44-26-23-42(39-61)24-27-44)40-43-25-29-52-53(35-43)70-41-69-52/h7,23-30,35-37,45,47,54-56,65-66H,2,6,8-22,31-34,38,40-41H2,1,3-5H3,(H,62,68)/t45-,47+,54-,55+,56+,60+/m0/s1. The first-order valence-electron chi connectivity index (χ1n) is 27.4. The number of aliphatic hydroxyl groups excluding tert-OH is 2. The average molecular weight is 1020 g/mol. The number of nitriles is 1. The van der Waals surface area contributed by atoms with Crippen molar-refractivity contribution in [3.63, 3.8) is 0 Å². The fourth-order valence-electron chi connectivity index (χ4n) is 11.3. The lowest BCUT2D eigenvalue weighted by molar-refractivity contribution is -0.255. The number of nitrogens with one attached hydrogen (secondary N) is 1. The van der Waals surface area contributed by atoms with Crippen LogP contribution in [0.15, 0.2) is 90.1 Å². The number of hydrogen-bond donors (Lipinski definition) is 3. The Bertz CT molecular complexity index is 2440. The lowest BCUT2D eigenvalue weighted by Crippen LogP contribution is -2.70.